The first-order chi connectivity index (χ1) is 7.83. The SMILES string of the molecule is CN(Cc1ccccc1F)S(=O)(=O)CC(N)=S. The molecule has 0 spiro atoms. The summed E-state index contributed by atoms with van der Waals surface area (Å²) in [4.78, 5) is -0.106. The molecule has 0 aliphatic rings. The Labute approximate surface area is 105 Å². The highest BCUT2D eigenvalue weighted by molar-refractivity contribution is 7.92. The molecule has 0 unspecified atom stereocenters. The summed E-state index contributed by atoms with van der Waals surface area (Å²) < 4.78 is 37.7. The maximum absolute atomic E-state index is 13.3. The monoisotopic (exact) mass is 276 g/mol. The largest absolute Gasteiger partial charge is 0.392 e. The standard InChI is InChI=1S/C10H13FN2O2S2/c1-13(17(14,15)7-10(12)16)6-8-4-2-3-5-9(8)11/h2-5H,6-7H2,1H3,(H2,12,16). The Morgan fingerprint density at radius 1 is 1.47 bits per heavy atom. The highest BCUT2D eigenvalue weighted by Gasteiger charge is 2.20. The number of rotatable bonds is 5. The van der Waals surface area contributed by atoms with Crippen molar-refractivity contribution in [3.8, 4) is 0 Å². The van der Waals surface area contributed by atoms with Crippen LogP contribution in [0.2, 0.25) is 0 Å². The third-order valence-electron chi connectivity index (χ3n) is 2.15. The Morgan fingerprint density at radius 2 is 2.06 bits per heavy atom. The number of hydrogen-bond donors (Lipinski definition) is 1. The number of sulfonamides is 1. The van der Waals surface area contributed by atoms with Crippen molar-refractivity contribution >= 4 is 27.2 Å². The molecule has 0 aromatic heterocycles. The molecule has 2 N–H and O–H groups in total. The van der Waals surface area contributed by atoms with Crippen LogP contribution in [0.1, 0.15) is 5.56 Å². The second kappa shape index (κ2) is 5.52. The van der Waals surface area contributed by atoms with Crippen molar-refractivity contribution in [3.05, 3.63) is 35.6 Å². The fourth-order valence-corrected chi connectivity index (χ4v) is 2.62. The Morgan fingerprint density at radius 3 is 2.59 bits per heavy atom. The van der Waals surface area contributed by atoms with E-state index in [1.165, 1.54) is 19.2 Å². The lowest BCUT2D eigenvalue weighted by molar-refractivity contribution is 0.459. The van der Waals surface area contributed by atoms with Gasteiger partial charge in [0, 0.05) is 19.2 Å². The van der Waals surface area contributed by atoms with Gasteiger partial charge < -0.3 is 5.73 Å². The summed E-state index contributed by atoms with van der Waals surface area (Å²) in [5, 5.41) is 0. The third-order valence-corrected chi connectivity index (χ3v) is 4.23. The molecule has 1 aromatic carbocycles. The second-order valence-corrected chi connectivity index (χ2v) is 6.17. The first kappa shape index (κ1) is 14.0. The molecule has 4 nitrogen and oxygen atoms in total. The zero-order valence-corrected chi connectivity index (χ0v) is 10.9. The number of thiocarbonyl (C=S) groups is 1. The van der Waals surface area contributed by atoms with Crippen LogP contribution in [0.4, 0.5) is 4.39 Å². The predicted octanol–water partition coefficient (Wildman–Crippen LogP) is 0.873. The van der Waals surface area contributed by atoms with Crippen molar-refractivity contribution < 1.29 is 12.8 Å². The first-order valence-corrected chi connectivity index (χ1v) is 6.80. The first-order valence-electron chi connectivity index (χ1n) is 4.78. The van der Waals surface area contributed by atoms with Crippen LogP contribution in [-0.4, -0.2) is 30.5 Å². The molecular formula is C10H13FN2O2S2. The molecule has 0 aliphatic heterocycles. The molecule has 0 amide bonds. The molecule has 0 atom stereocenters. The Balaban J connectivity index is 2.83. The molecular weight excluding hydrogens is 263 g/mol. The van der Waals surface area contributed by atoms with Gasteiger partial charge in [-0.05, 0) is 6.07 Å². The van der Waals surface area contributed by atoms with E-state index in [2.05, 4.69) is 12.2 Å². The molecule has 17 heavy (non-hydrogen) atoms. The van der Waals surface area contributed by atoms with E-state index in [-0.39, 0.29) is 11.5 Å². The number of halogens is 1. The summed E-state index contributed by atoms with van der Waals surface area (Å²) in [5.74, 6) is -0.849. The summed E-state index contributed by atoms with van der Waals surface area (Å²) in [6, 6.07) is 6.00. The van der Waals surface area contributed by atoms with Crippen molar-refractivity contribution in [2.24, 2.45) is 5.73 Å². The predicted molar refractivity (Wildman–Crippen MR) is 68.4 cm³/mol. The van der Waals surface area contributed by atoms with Crippen molar-refractivity contribution in [3.63, 3.8) is 0 Å². The smallest absolute Gasteiger partial charge is 0.220 e. The van der Waals surface area contributed by atoms with Crippen LogP contribution in [0.15, 0.2) is 24.3 Å². The van der Waals surface area contributed by atoms with Gasteiger partial charge in [0.15, 0.2) is 0 Å². The van der Waals surface area contributed by atoms with E-state index in [9.17, 15) is 12.8 Å². The number of hydrogen-bond acceptors (Lipinski definition) is 3. The average molecular weight is 276 g/mol. The van der Waals surface area contributed by atoms with E-state index in [4.69, 9.17) is 5.73 Å². The molecule has 7 heteroatoms. The van der Waals surface area contributed by atoms with Crippen LogP contribution >= 0.6 is 12.2 Å². The molecule has 0 heterocycles. The summed E-state index contributed by atoms with van der Waals surface area (Å²) >= 11 is 4.55. The van der Waals surface area contributed by atoms with Gasteiger partial charge in [-0.2, -0.15) is 0 Å². The second-order valence-electron chi connectivity index (χ2n) is 3.57. The summed E-state index contributed by atoms with van der Waals surface area (Å²) in [7, 11) is -2.21. The van der Waals surface area contributed by atoms with Gasteiger partial charge in [0.2, 0.25) is 10.0 Å². The maximum atomic E-state index is 13.3. The highest BCUT2D eigenvalue weighted by atomic mass is 32.2. The van der Waals surface area contributed by atoms with Crippen molar-refractivity contribution in [2.45, 2.75) is 6.54 Å². The minimum atomic E-state index is -3.57. The van der Waals surface area contributed by atoms with E-state index < -0.39 is 21.6 Å². The molecule has 1 aromatic rings. The van der Waals surface area contributed by atoms with Gasteiger partial charge >= 0.3 is 0 Å². The fraction of sp³-hybridized carbons (Fsp3) is 0.300. The molecule has 1 rings (SSSR count). The van der Waals surface area contributed by atoms with E-state index >= 15 is 0 Å². The number of nitrogens with zero attached hydrogens (tertiary/aromatic N) is 1. The van der Waals surface area contributed by atoms with Gasteiger partial charge in [0.05, 0.1) is 4.99 Å². The van der Waals surface area contributed by atoms with Crippen molar-refractivity contribution in [1.82, 2.24) is 4.31 Å². The van der Waals surface area contributed by atoms with Crippen LogP contribution < -0.4 is 5.73 Å². The van der Waals surface area contributed by atoms with E-state index in [1.54, 1.807) is 12.1 Å². The minimum Gasteiger partial charge on any atom is -0.392 e. The summed E-state index contributed by atoms with van der Waals surface area (Å²) in [5.41, 5.74) is 5.50. The zero-order chi connectivity index (χ0) is 13.1. The van der Waals surface area contributed by atoms with E-state index in [0.717, 1.165) is 4.31 Å². The molecule has 0 saturated carbocycles. The van der Waals surface area contributed by atoms with Crippen molar-refractivity contribution in [2.75, 3.05) is 12.8 Å². The van der Waals surface area contributed by atoms with Gasteiger partial charge in [0.1, 0.15) is 11.6 Å². The highest BCUT2D eigenvalue weighted by Crippen LogP contribution is 2.11. The molecule has 0 radical (unpaired) electrons. The quantitative estimate of drug-likeness (QED) is 0.811. The average Bonchev–Trinajstić information content (AvgIpc) is 2.19. The molecule has 94 valence electrons. The van der Waals surface area contributed by atoms with E-state index in [1.807, 2.05) is 0 Å². The van der Waals surface area contributed by atoms with Crippen molar-refractivity contribution in [1.29, 1.82) is 0 Å². The molecule has 0 aliphatic carbocycles. The van der Waals surface area contributed by atoms with Gasteiger partial charge in [-0.15, -0.1) is 0 Å². The third kappa shape index (κ3) is 4.03. The van der Waals surface area contributed by atoms with Crippen LogP contribution in [-0.2, 0) is 16.6 Å². The lowest BCUT2D eigenvalue weighted by Crippen LogP contribution is -2.34. The van der Waals surface area contributed by atoms with Crippen LogP contribution in [0.5, 0.6) is 0 Å². The Hall–Kier alpha value is -1.05. The van der Waals surface area contributed by atoms with Crippen LogP contribution in [0.25, 0.3) is 0 Å². The van der Waals surface area contributed by atoms with Gasteiger partial charge in [-0.1, -0.05) is 30.4 Å². The van der Waals surface area contributed by atoms with Gasteiger partial charge in [-0.3, -0.25) is 0 Å². The lowest BCUT2D eigenvalue weighted by Gasteiger charge is -2.17. The molecule has 0 fully saturated rings. The summed E-state index contributed by atoms with van der Waals surface area (Å²) in [6.45, 7) is -0.0440. The minimum absolute atomic E-state index is 0.0440. The zero-order valence-electron chi connectivity index (χ0n) is 9.26. The lowest BCUT2D eigenvalue weighted by atomic mass is 10.2. The maximum Gasteiger partial charge on any atom is 0.220 e. The number of benzene rings is 1. The normalized spacial score (nSPS) is 11.7. The van der Waals surface area contributed by atoms with Crippen LogP contribution in [0, 0.1) is 5.82 Å². The topological polar surface area (TPSA) is 63.4 Å². The molecule has 0 saturated heterocycles. The fourth-order valence-electron chi connectivity index (χ4n) is 1.25. The van der Waals surface area contributed by atoms with Gasteiger partial charge in [-0.25, -0.2) is 17.1 Å². The van der Waals surface area contributed by atoms with Crippen LogP contribution in [0.3, 0.4) is 0 Å². The Bertz CT molecular complexity index is 517. The van der Waals surface area contributed by atoms with E-state index in [0.29, 0.717) is 5.56 Å². The van der Waals surface area contributed by atoms with Gasteiger partial charge in [0.25, 0.3) is 0 Å². The number of nitrogens with two attached hydrogens (primary N) is 1. The summed E-state index contributed by atoms with van der Waals surface area (Å²) in [6.07, 6.45) is 0. The molecule has 0 bridgehead atoms. The Kier molecular flexibility index (Phi) is 4.55.